The number of carbonyl (C=O) groups excluding carboxylic acids is 1. The number of ether oxygens (including phenoxy) is 2. The van der Waals surface area contributed by atoms with Gasteiger partial charge in [-0.2, -0.15) is 23.1 Å². The van der Waals surface area contributed by atoms with Crippen molar-refractivity contribution in [1.82, 2.24) is 29.4 Å². The highest BCUT2D eigenvalue weighted by molar-refractivity contribution is 5.87. The molecule has 0 amide bonds. The Bertz CT molecular complexity index is 1380. The maximum absolute atomic E-state index is 13.6. The van der Waals surface area contributed by atoms with Gasteiger partial charge in [-0.25, -0.2) is 19.1 Å². The summed E-state index contributed by atoms with van der Waals surface area (Å²) in [5.74, 6) is 2.76. The van der Waals surface area contributed by atoms with Gasteiger partial charge in [0.05, 0.1) is 13.7 Å². The number of pyridine rings is 1. The number of carbonyl (C=O) groups is 1. The van der Waals surface area contributed by atoms with Crippen LogP contribution in [0.15, 0.2) is 23.1 Å². The fourth-order valence-corrected chi connectivity index (χ4v) is 3.60. The number of imidazole rings is 1. The van der Waals surface area contributed by atoms with Crippen molar-refractivity contribution in [1.29, 1.82) is 0 Å². The molecule has 4 rings (SSSR count). The monoisotopic (exact) mass is 491 g/mol. The van der Waals surface area contributed by atoms with E-state index in [9.17, 15) is 22.8 Å². The lowest BCUT2D eigenvalue weighted by Crippen LogP contribution is -2.44. The van der Waals surface area contributed by atoms with Crippen LogP contribution < -0.4 is 25.4 Å². The molecule has 3 aromatic rings. The van der Waals surface area contributed by atoms with Gasteiger partial charge in [0.1, 0.15) is 11.2 Å². The maximum atomic E-state index is 13.6. The minimum Gasteiger partial charge on any atom is -0.467 e. The molecular formula is C21H20F3N7O4. The summed E-state index contributed by atoms with van der Waals surface area (Å²) >= 11 is 0. The molecule has 1 N–H and O–H groups in total. The highest BCUT2D eigenvalue weighted by Gasteiger charge is 2.42. The van der Waals surface area contributed by atoms with Gasteiger partial charge >= 0.3 is 23.8 Å². The molecule has 35 heavy (non-hydrogen) atoms. The molecule has 1 aliphatic heterocycles. The zero-order valence-corrected chi connectivity index (χ0v) is 18.7. The highest BCUT2D eigenvalue weighted by Crippen LogP contribution is 2.30. The van der Waals surface area contributed by atoms with E-state index in [4.69, 9.17) is 4.74 Å². The summed E-state index contributed by atoms with van der Waals surface area (Å²) in [5.41, 5.74) is -0.558. The van der Waals surface area contributed by atoms with Crippen LogP contribution in [0.5, 0.6) is 11.9 Å². The third kappa shape index (κ3) is 4.62. The molecule has 0 spiro atoms. The molecular weight excluding hydrogens is 471 g/mol. The first-order valence-corrected chi connectivity index (χ1v) is 10.4. The second-order valence-corrected chi connectivity index (χ2v) is 7.29. The van der Waals surface area contributed by atoms with Crippen LogP contribution in [-0.2, 0) is 11.3 Å². The molecule has 4 heterocycles. The predicted octanol–water partition coefficient (Wildman–Crippen LogP) is 0.886. The number of fused-ring (bicyclic) bond motifs is 1. The fraction of sp³-hybridized carbons (Fsp3) is 0.381. The smallest absolute Gasteiger partial charge is 0.467 e. The first-order valence-electron chi connectivity index (χ1n) is 10.4. The van der Waals surface area contributed by atoms with Crippen molar-refractivity contribution in [3.05, 3.63) is 28.8 Å². The molecule has 0 aromatic carbocycles. The van der Waals surface area contributed by atoms with Gasteiger partial charge < -0.3 is 19.7 Å². The molecule has 1 aliphatic rings. The Morgan fingerprint density at radius 3 is 2.66 bits per heavy atom. The molecule has 1 saturated heterocycles. The van der Waals surface area contributed by atoms with Crippen molar-refractivity contribution >= 4 is 23.0 Å². The Morgan fingerprint density at radius 1 is 1.26 bits per heavy atom. The van der Waals surface area contributed by atoms with Gasteiger partial charge in [0.2, 0.25) is 5.88 Å². The zero-order chi connectivity index (χ0) is 25.2. The first-order chi connectivity index (χ1) is 16.8. The molecule has 0 radical (unpaired) electrons. The average Bonchev–Trinajstić information content (AvgIpc) is 3.13. The van der Waals surface area contributed by atoms with E-state index in [-0.39, 0.29) is 23.9 Å². The minimum absolute atomic E-state index is 0.0330. The summed E-state index contributed by atoms with van der Waals surface area (Å²) in [6.07, 6.45) is -4.12. The van der Waals surface area contributed by atoms with Crippen molar-refractivity contribution in [2.75, 3.05) is 38.2 Å². The molecule has 1 fully saturated rings. The van der Waals surface area contributed by atoms with Crippen LogP contribution in [0.1, 0.15) is 6.92 Å². The number of hydrogen-bond donors (Lipinski definition) is 1. The normalized spacial score (nSPS) is 13.9. The lowest BCUT2D eigenvalue weighted by atomic mass is 10.3. The van der Waals surface area contributed by atoms with Crippen molar-refractivity contribution in [3.63, 3.8) is 0 Å². The molecule has 11 nitrogen and oxygen atoms in total. The van der Waals surface area contributed by atoms with Crippen LogP contribution in [0, 0.1) is 11.8 Å². The number of anilines is 1. The summed E-state index contributed by atoms with van der Waals surface area (Å²) in [7, 11) is 1.35. The third-order valence-corrected chi connectivity index (χ3v) is 5.16. The summed E-state index contributed by atoms with van der Waals surface area (Å²) in [6.45, 7) is 4.08. The SMILES string of the molecule is CC#CCn1c(=O)n(-c2cccnc2OC(=O)C(F)(F)F)c2nc(OC)nc(N3CCNCC3)c21. The summed E-state index contributed by atoms with van der Waals surface area (Å²) in [6, 6.07) is 2.62. The largest absolute Gasteiger partial charge is 0.491 e. The van der Waals surface area contributed by atoms with E-state index < -0.39 is 23.7 Å². The molecule has 0 aliphatic carbocycles. The quantitative estimate of drug-likeness (QED) is 0.410. The standard InChI is InChI=1S/C21H20F3N7O4/c1-3-4-10-30-14-15(29-11-8-25-9-12-29)27-19(34-2)28-16(14)31(20(30)33)13-6-5-7-26-17(13)35-18(32)21(22,23)24/h5-7,25H,8-12H2,1-2H3. The Hall–Kier alpha value is -4.12. The Morgan fingerprint density at radius 2 is 2.00 bits per heavy atom. The van der Waals surface area contributed by atoms with Crippen LogP contribution >= 0.6 is 0 Å². The molecule has 0 saturated carbocycles. The van der Waals surface area contributed by atoms with Crippen molar-refractivity contribution < 1.29 is 27.4 Å². The highest BCUT2D eigenvalue weighted by atomic mass is 19.4. The van der Waals surface area contributed by atoms with Gasteiger partial charge in [-0.15, -0.1) is 5.92 Å². The van der Waals surface area contributed by atoms with Crippen LogP contribution in [0.25, 0.3) is 16.9 Å². The fourth-order valence-electron chi connectivity index (χ4n) is 3.60. The number of aromatic nitrogens is 5. The number of piperazine rings is 1. The van der Waals surface area contributed by atoms with Gasteiger partial charge in [0.15, 0.2) is 11.5 Å². The minimum atomic E-state index is -5.26. The van der Waals surface area contributed by atoms with E-state index in [0.29, 0.717) is 37.5 Å². The summed E-state index contributed by atoms with van der Waals surface area (Å²) in [4.78, 5) is 39.6. The predicted molar refractivity (Wildman–Crippen MR) is 118 cm³/mol. The van der Waals surface area contributed by atoms with E-state index in [1.165, 1.54) is 23.8 Å². The van der Waals surface area contributed by atoms with E-state index >= 15 is 0 Å². The number of esters is 1. The van der Waals surface area contributed by atoms with Gasteiger partial charge in [-0.1, -0.05) is 5.92 Å². The van der Waals surface area contributed by atoms with Crippen LogP contribution in [0.3, 0.4) is 0 Å². The molecule has 14 heteroatoms. The second-order valence-electron chi connectivity index (χ2n) is 7.29. The van der Waals surface area contributed by atoms with E-state index in [1.807, 2.05) is 4.90 Å². The van der Waals surface area contributed by atoms with Gasteiger partial charge in [-0.3, -0.25) is 4.57 Å². The average molecular weight is 491 g/mol. The second kappa shape index (κ2) is 9.63. The van der Waals surface area contributed by atoms with Gasteiger partial charge in [-0.05, 0) is 19.1 Å². The third-order valence-electron chi connectivity index (χ3n) is 5.16. The Labute approximate surface area is 196 Å². The van der Waals surface area contributed by atoms with E-state index in [0.717, 1.165) is 10.8 Å². The number of hydrogen-bond acceptors (Lipinski definition) is 9. The van der Waals surface area contributed by atoms with E-state index in [1.54, 1.807) is 6.92 Å². The number of rotatable bonds is 5. The van der Waals surface area contributed by atoms with Crippen LogP contribution in [0.4, 0.5) is 19.0 Å². The topological polar surface area (TPSA) is 116 Å². The van der Waals surface area contributed by atoms with Crippen LogP contribution in [-0.4, -0.2) is 69.5 Å². The Balaban J connectivity index is 2.01. The summed E-state index contributed by atoms with van der Waals surface area (Å²) in [5, 5.41) is 3.23. The molecule has 184 valence electrons. The first kappa shape index (κ1) is 24.0. The number of halogens is 3. The number of alkyl halides is 3. The van der Waals surface area contributed by atoms with Gasteiger partial charge in [0, 0.05) is 32.4 Å². The van der Waals surface area contributed by atoms with E-state index in [2.05, 4.69) is 36.8 Å². The Kier molecular flexibility index (Phi) is 6.61. The lowest BCUT2D eigenvalue weighted by Gasteiger charge is -2.29. The number of methoxy groups -OCH3 is 1. The van der Waals surface area contributed by atoms with Crippen LogP contribution in [0.2, 0.25) is 0 Å². The zero-order valence-electron chi connectivity index (χ0n) is 18.7. The maximum Gasteiger partial charge on any atom is 0.491 e. The van der Waals surface area contributed by atoms with Crippen molar-refractivity contribution in [2.24, 2.45) is 0 Å². The molecule has 0 unspecified atom stereocenters. The molecule has 0 bridgehead atoms. The molecule has 0 atom stereocenters. The number of nitrogens with zero attached hydrogens (tertiary/aromatic N) is 6. The molecule has 3 aromatic heterocycles. The number of nitrogens with one attached hydrogen (secondary N) is 1. The lowest BCUT2D eigenvalue weighted by molar-refractivity contribution is -0.190. The van der Waals surface area contributed by atoms with Gasteiger partial charge in [0.25, 0.3) is 0 Å². The van der Waals surface area contributed by atoms with Crippen molar-refractivity contribution in [3.8, 4) is 29.4 Å². The summed E-state index contributed by atoms with van der Waals surface area (Å²) < 4.78 is 50.7. The van der Waals surface area contributed by atoms with Crippen molar-refractivity contribution in [2.45, 2.75) is 19.6 Å².